The van der Waals surface area contributed by atoms with E-state index < -0.39 is 0 Å². The Morgan fingerprint density at radius 1 is 1.47 bits per heavy atom. The molecule has 0 fully saturated rings. The van der Waals surface area contributed by atoms with E-state index in [2.05, 4.69) is 20.6 Å². The highest BCUT2D eigenvalue weighted by Crippen LogP contribution is 2.24. The third kappa shape index (κ3) is 2.27. The number of methoxy groups -OCH3 is 1. The van der Waals surface area contributed by atoms with E-state index >= 15 is 0 Å². The molecule has 0 radical (unpaired) electrons. The van der Waals surface area contributed by atoms with Crippen LogP contribution in [0.4, 0.5) is 0 Å². The molecule has 0 aliphatic heterocycles. The number of aromatic nitrogens is 3. The average molecular weight is 233 g/mol. The summed E-state index contributed by atoms with van der Waals surface area (Å²) < 4.78 is 5.17. The second kappa shape index (κ2) is 4.94. The van der Waals surface area contributed by atoms with Gasteiger partial charge < -0.3 is 4.74 Å². The Kier molecular flexibility index (Phi) is 3.36. The number of hydrazine groups is 1. The van der Waals surface area contributed by atoms with Gasteiger partial charge >= 0.3 is 0 Å². The molecule has 0 bridgehead atoms. The van der Waals surface area contributed by atoms with Crippen molar-refractivity contribution in [3.8, 4) is 5.75 Å². The number of ether oxygens (including phenoxy) is 1. The molecule has 0 spiro atoms. The van der Waals surface area contributed by atoms with Gasteiger partial charge in [-0.05, 0) is 30.2 Å². The summed E-state index contributed by atoms with van der Waals surface area (Å²) in [5.74, 6) is 7.07. The van der Waals surface area contributed by atoms with Gasteiger partial charge in [-0.25, -0.2) is 10.4 Å². The molecule has 1 atom stereocenters. The molecule has 2 aromatic rings. The van der Waals surface area contributed by atoms with Crippen molar-refractivity contribution in [2.45, 2.75) is 13.0 Å². The van der Waals surface area contributed by atoms with Gasteiger partial charge in [0.1, 0.15) is 23.9 Å². The van der Waals surface area contributed by atoms with Crippen molar-refractivity contribution in [1.29, 1.82) is 0 Å². The van der Waals surface area contributed by atoms with E-state index in [1.54, 1.807) is 7.11 Å². The molecule has 1 heterocycles. The molecule has 1 aromatic heterocycles. The maximum absolute atomic E-state index is 5.57. The first-order valence-electron chi connectivity index (χ1n) is 5.22. The van der Waals surface area contributed by atoms with Crippen LogP contribution in [0.3, 0.4) is 0 Å². The predicted molar refractivity (Wildman–Crippen MR) is 63.3 cm³/mol. The lowest BCUT2D eigenvalue weighted by Crippen LogP contribution is -2.30. The van der Waals surface area contributed by atoms with E-state index in [0.717, 1.165) is 16.9 Å². The van der Waals surface area contributed by atoms with Gasteiger partial charge in [-0.15, -0.1) is 0 Å². The van der Waals surface area contributed by atoms with E-state index in [1.807, 2.05) is 25.1 Å². The summed E-state index contributed by atoms with van der Waals surface area (Å²) >= 11 is 0. The zero-order valence-electron chi connectivity index (χ0n) is 9.77. The number of hydrogen-bond donors (Lipinski definition) is 3. The molecule has 17 heavy (non-hydrogen) atoms. The number of H-pyrrole nitrogens is 1. The molecule has 0 saturated heterocycles. The number of benzene rings is 1. The minimum atomic E-state index is -0.205. The topological polar surface area (TPSA) is 88.8 Å². The van der Waals surface area contributed by atoms with Crippen molar-refractivity contribution in [2.24, 2.45) is 5.84 Å². The van der Waals surface area contributed by atoms with E-state index in [4.69, 9.17) is 10.6 Å². The van der Waals surface area contributed by atoms with Gasteiger partial charge in [-0.1, -0.05) is 6.07 Å². The fraction of sp³-hybridized carbons (Fsp3) is 0.273. The van der Waals surface area contributed by atoms with Crippen LogP contribution < -0.4 is 16.0 Å². The predicted octanol–water partition coefficient (Wildman–Crippen LogP) is 0.674. The molecule has 0 aliphatic rings. The van der Waals surface area contributed by atoms with E-state index in [9.17, 15) is 0 Å². The van der Waals surface area contributed by atoms with E-state index in [1.165, 1.54) is 6.33 Å². The summed E-state index contributed by atoms with van der Waals surface area (Å²) in [5, 5.41) is 6.63. The van der Waals surface area contributed by atoms with Crippen LogP contribution in [-0.2, 0) is 0 Å². The number of nitrogens with zero attached hydrogens (tertiary/aromatic N) is 2. The summed E-state index contributed by atoms with van der Waals surface area (Å²) in [7, 11) is 1.64. The van der Waals surface area contributed by atoms with Crippen LogP contribution in [0.25, 0.3) is 0 Å². The van der Waals surface area contributed by atoms with Crippen LogP contribution in [0.2, 0.25) is 0 Å². The van der Waals surface area contributed by atoms with Crippen LogP contribution in [0, 0.1) is 6.92 Å². The molecule has 6 heteroatoms. The lowest BCUT2D eigenvalue weighted by molar-refractivity contribution is 0.414. The van der Waals surface area contributed by atoms with Gasteiger partial charge in [0.15, 0.2) is 0 Å². The van der Waals surface area contributed by atoms with Gasteiger partial charge in [-0.2, -0.15) is 5.10 Å². The van der Waals surface area contributed by atoms with Crippen molar-refractivity contribution >= 4 is 0 Å². The first kappa shape index (κ1) is 11.6. The summed E-state index contributed by atoms with van der Waals surface area (Å²) in [6, 6.07) is 5.60. The maximum atomic E-state index is 5.57. The molecule has 0 amide bonds. The van der Waals surface area contributed by atoms with Crippen molar-refractivity contribution in [2.75, 3.05) is 7.11 Å². The minimum Gasteiger partial charge on any atom is -0.497 e. The highest BCUT2D eigenvalue weighted by atomic mass is 16.5. The highest BCUT2D eigenvalue weighted by molar-refractivity contribution is 5.38. The summed E-state index contributed by atoms with van der Waals surface area (Å²) in [5.41, 5.74) is 4.83. The first-order valence-corrected chi connectivity index (χ1v) is 5.22. The molecule has 4 N–H and O–H groups in total. The fourth-order valence-electron chi connectivity index (χ4n) is 1.77. The third-order valence-corrected chi connectivity index (χ3v) is 2.66. The number of hydrogen-bond acceptors (Lipinski definition) is 5. The first-order chi connectivity index (χ1) is 8.26. The lowest BCUT2D eigenvalue weighted by Gasteiger charge is -2.16. The Balaban J connectivity index is 2.38. The molecule has 0 aliphatic carbocycles. The molecule has 1 aromatic carbocycles. The number of nitrogens with two attached hydrogens (primary N) is 1. The second-order valence-electron chi connectivity index (χ2n) is 3.69. The van der Waals surface area contributed by atoms with Crippen LogP contribution in [-0.4, -0.2) is 22.3 Å². The molecule has 6 nitrogen and oxygen atoms in total. The summed E-state index contributed by atoms with van der Waals surface area (Å²) in [4.78, 5) is 4.11. The quantitative estimate of drug-likeness (QED) is 0.533. The van der Waals surface area contributed by atoms with Gasteiger partial charge in [0, 0.05) is 0 Å². The number of rotatable bonds is 4. The highest BCUT2D eigenvalue weighted by Gasteiger charge is 2.17. The van der Waals surface area contributed by atoms with Crippen molar-refractivity contribution in [1.82, 2.24) is 20.6 Å². The van der Waals surface area contributed by atoms with Gasteiger partial charge in [0.05, 0.1) is 7.11 Å². The normalized spacial score (nSPS) is 12.4. The van der Waals surface area contributed by atoms with Gasteiger partial charge in [0.2, 0.25) is 0 Å². The molecular formula is C11H15N5O. The second-order valence-corrected chi connectivity index (χ2v) is 3.69. The van der Waals surface area contributed by atoms with Crippen LogP contribution >= 0.6 is 0 Å². The maximum Gasteiger partial charge on any atom is 0.147 e. The Morgan fingerprint density at radius 2 is 2.29 bits per heavy atom. The Morgan fingerprint density at radius 3 is 2.82 bits per heavy atom. The average Bonchev–Trinajstić information content (AvgIpc) is 2.85. The number of aromatic amines is 1. The van der Waals surface area contributed by atoms with Gasteiger partial charge in [-0.3, -0.25) is 10.9 Å². The summed E-state index contributed by atoms with van der Waals surface area (Å²) in [6.45, 7) is 2.00. The van der Waals surface area contributed by atoms with E-state index in [0.29, 0.717) is 5.82 Å². The SMILES string of the molecule is COc1ccc(C(NN)c2ncn[nH]2)c(C)c1. The minimum absolute atomic E-state index is 0.205. The fourth-order valence-corrected chi connectivity index (χ4v) is 1.77. The van der Waals surface area contributed by atoms with Crippen LogP contribution in [0.5, 0.6) is 5.75 Å². The number of nitrogens with one attached hydrogen (secondary N) is 2. The Labute approximate surface area is 99.2 Å². The summed E-state index contributed by atoms with van der Waals surface area (Å²) in [6.07, 6.45) is 1.46. The van der Waals surface area contributed by atoms with Crippen LogP contribution in [0.1, 0.15) is 23.0 Å². The zero-order valence-corrected chi connectivity index (χ0v) is 9.77. The largest absolute Gasteiger partial charge is 0.497 e. The lowest BCUT2D eigenvalue weighted by atomic mass is 10.0. The van der Waals surface area contributed by atoms with E-state index in [-0.39, 0.29) is 6.04 Å². The van der Waals surface area contributed by atoms with Crippen molar-refractivity contribution in [3.05, 3.63) is 41.5 Å². The standard InChI is InChI=1S/C11H15N5O/c1-7-5-8(17-2)3-4-9(7)10(15-12)11-13-6-14-16-11/h3-6,10,15H,12H2,1-2H3,(H,13,14,16). The Bertz CT molecular complexity index is 483. The van der Waals surface area contributed by atoms with Crippen molar-refractivity contribution in [3.63, 3.8) is 0 Å². The monoisotopic (exact) mass is 233 g/mol. The number of aryl methyl sites for hydroxylation is 1. The molecule has 2 rings (SSSR count). The van der Waals surface area contributed by atoms with Gasteiger partial charge in [0.25, 0.3) is 0 Å². The third-order valence-electron chi connectivity index (χ3n) is 2.66. The molecule has 90 valence electrons. The van der Waals surface area contributed by atoms with Crippen LogP contribution in [0.15, 0.2) is 24.5 Å². The zero-order chi connectivity index (χ0) is 12.3. The smallest absolute Gasteiger partial charge is 0.147 e. The molecular weight excluding hydrogens is 218 g/mol. The Hall–Kier alpha value is -1.92. The van der Waals surface area contributed by atoms with Crippen molar-refractivity contribution < 1.29 is 4.74 Å². The molecule has 0 saturated carbocycles. The molecule has 1 unspecified atom stereocenters.